The minimum atomic E-state index is -5.13. The van der Waals surface area contributed by atoms with Crippen molar-refractivity contribution >= 4 is 89.2 Å². The van der Waals surface area contributed by atoms with E-state index in [0.717, 1.165) is 24.3 Å². The van der Waals surface area contributed by atoms with Crippen LogP contribution in [0.1, 0.15) is 196 Å². The summed E-state index contributed by atoms with van der Waals surface area (Å²) in [6, 6.07) is 0.845. The van der Waals surface area contributed by atoms with Gasteiger partial charge in [-0.1, -0.05) is 38.2 Å². The Morgan fingerprint density at radius 1 is 0.525 bits per heavy atom. The van der Waals surface area contributed by atoms with Crippen LogP contribution in [-0.2, 0) is 89.7 Å². The molecule has 672 valence electrons. The standard InChI is InChI=1S/2C42H54F4N4O10S/c2*1-23-10-8-9-11-25-19-41(25,38(54)49-61(55,56)40(5)12-13-40)20-32(51)31-15-26(21-50(31)37(53)27(24(14-23)22-57-6)16-34(52)60-39(2,3)4)59-36-35(42(44,45)46)47-29-17-28(43)33(58-7)18-30(29)48-36/h2*9,11,17-18,23-27,31H,8,10,12-16,19-22H2,1-7H3,(H,49,54)/b2*11-9-/t23-,24+,25-,26-,27+,31+,41-;23-,24-,25+,26+,27-,31-,41+/m10/s1. The number of ether oxygens (including phenoxy) is 8. The molecule has 14 atom stereocenters. The van der Waals surface area contributed by atoms with Crippen LogP contribution in [0, 0.1) is 69.8 Å². The average Bonchev–Trinajstić information content (AvgIpc) is 1.56. The van der Waals surface area contributed by atoms with Gasteiger partial charge in [0.2, 0.25) is 66.8 Å². The number of sulfonamides is 2. The molecule has 6 fully saturated rings. The molecule has 6 heterocycles. The number of fused-ring (bicyclic) bond motifs is 6. The maximum atomic E-state index is 15.0. The van der Waals surface area contributed by atoms with Crippen LogP contribution >= 0.6 is 0 Å². The van der Waals surface area contributed by atoms with Gasteiger partial charge in [-0.15, -0.1) is 0 Å². The summed E-state index contributed by atoms with van der Waals surface area (Å²) >= 11 is 0. The van der Waals surface area contributed by atoms with E-state index >= 15 is 9.59 Å². The van der Waals surface area contributed by atoms with E-state index in [0.29, 0.717) is 64.2 Å². The van der Waals surface area contributed by atoms with Gasteiger partial charge in [-0.3, -0.25) is 47.8 Å². The van der Waals surface area contributed by atoms with Crippen molar-refractivity contribution in [1.82, 2.24) is 39.2 Å². The predicted molar refractivity (Wildman–Crippen MR) is 424 cm³/mol. The first kappa shape index (κ1) is 93.9. The second kappa shape index (κ2) is 35.7. The lowest BCUT2D eigenvalue weighted by Crippen LogP contribution is -2.48. The third-order valence-corrected chi connectivity index (χ3v) is 28.8. The Bertz CT molecular complexity index is 4690. The van der Waals surface area contributed by atoms with Crippen molar-refractivity contribution in [2.24, 2.45) is 58.2 Å². The van der Waals surface area contributed by atoms with Gasteiger partial charge in [0.15, 0.2) is 34.7 Å². The molecule has 4 amide bonds. The molecular formula is C84H108F8N8O20S2. The summed E-state index contributed by atoms with van der Waals surface area (Å²) < 4.78 is 216. The molecule has 0 unspecified atom stereocenters. The van der Waals surface area contributed by atoms with E-state index < -0.39 is 255 Å². The number of hydrogen-bond donors (Lipinski definition) is 2. The van der Waals surface area contributed by atoms with Crippen molar-refractivity contribution in [1.29, 1.82) is 0 Å². The number of benzene rings is 2. The lowest BCUT2D eigenvalue weighted by Gasteiger charge is -2.33. The van der Waals surface area contributed by atoms with Gasteiger partial charge in [-0.25, -0.2) is 45.6 Å². The number of aromatic nitrogens is 4. The first-order valence-electron chi connectivity index (χ1n) is 40.9. The fourth-order valence-corrected chi connectivity index (χ4v) is 19.6. The second-order valence-corrected chi connectivity index (χ2v) is 41.0. The molecule has 0 spiro atoms. The Balaban J connectivity index is 0.000000238. The summed E-state index contributed by atoms with van der Waals surface area (Å²) in [6.07, 6.45) is -2.93. The number of carbonyl (C=O) groups is 8. The molecule has 0 bridgehead atoms. The van der Waals surface area contributed by atoms with Crippen LogP contribution in [0.25, 0.3) is 22.1 Å². The Labute approximate surface area is 703 Å². The van der Waals surface area contributed by atoms with Crippen molar-refractivity contribution in [3.05, 3.63) is 71.6 Å². The smallest absolute Gasteiger partial charge is 0.438 e. The molecular weight excluding hydrogens is 1660 g/mol. The highest BCUT2D eigenvalue weighted by Crippen LogP contribution is 2.60. The molecule has 2 aromatic heterocycles. The minimum absolute atomic E-state index is 0.00740. The van der Waals surface area contributed by atoms with Gasteiger partial charge in [0.05, 0.1) is 106 Å². The van der Waals surface area contributed by atoms with Crippen LogP contribution in [0.2, 0.25) is 0 Å². The van der Waals surface area contributed by atoms with Gasteiger partial charge in [0.25, 0.3) is 0 Å². The number of amides is 4. The Hall–Kier alpha value is -8.78. The maximum absolute atomic E-state index is 15.0. The fourth-order valence-electron chi connectivity index (χ4n) is 17.0. The summed E-state index contributed by atoms with van der Waals surface area (Å²) in [5.74, 6) is -14.6. The highest BCUT2D eigenvalue weighted by Gasteiger charge is 2.65. The van der Waals surface area contributed by atoms with Gasteiger partial charge >= 0.3 is 24.3 Å². The average molecular weight is 1770 g/mol. The van der Waals surface area contributed by atoms with E-state index in [4.69, 9.17) is 37.9 Å². The predicted octanol–water partition coefficient (Wildman–Crippen LogP) is 12.2. The molecule has 2 saturated heterocycles. The summed E-state index contributed by atoms with van der Waals surface area (Å²) in [4.78, 5) is 132. The van der Waals surface area contributed by atoms with E-state index in [1.54, 1.807) is 41.5 Å². The van der Waals surface area contributed by atoms with E-state index in [-0.39, 0.29) is 73.3 Å². The lowest BCUT2D eigenvalue weighted by atomic mass is 9.81. The highest BCUT2D eigenvalue weighted by molar-refractivity contribution is 7.92. The number of carbonyl (C=O) groups excluding carboxylic acids is 8. The third-order valence-electron chi connectivity index (χ3n) is 24.5. The number of rotatable bonds is 20. The van der Waals surface area contributed by atoms with Crippen molar-refractivity contribution in [3.8, 4) is 23.3 Å². The molecule has 4 saturated carbocycles. The number of hydrogen-bond acceptors (Lipinski definition) is 24. The van der Waals surface area contributed by atoms with Crippen LogP contribution in [0.3, 0.4) is 0 Å². The number of ketones is 2. The maximum Gasteiger partial charge on any atom is 0.438 e. The molecule has 4 aliphatic heterocycles. The third kappa shape index (κ3) is 21.4. The van der Waals surface area contributed by atoms with Gasteiger partial charge in [0, 0.05) is 77.4 Å². The quantitative estimate of drug-likeness (QED) is 0.0471. The first-order valence-corrected chi connectivity index (χ1v) is 43.9. The zero-order chi connectivity index (χ0) is 89.7. The van der Waals surface area contributed by atoms with Crippen LogP contribution in [0.15, 0.2) is 48.6 Å². The fraction of sp³-hybridized carbons (Fsp3) is 0.667. The molecule has 2 aromatic carbocycles. The molecule has 4 aliphatic carbocycles. The van der Waals surface area contributed by atoms with Crippen molar-refractivity contribution in [3.63, 3.8) is 0 Å². The number of methoxy groups -OCH3 is 4. The van der Waals surface area contributed by atoms with Gasteiger partial charge in [-0.2, -0.15) is 26.3 Å². The van der Waals surface area contributed by atoms with Crippen LogP contribution in [0.4, 0.5) is 35.1 Å². The largest absolute Gasteiger partial charge is 0.494 e. The molecule has 38 heteroatoms. The van der Waals surface area contributed by atoms with Crippen LogP contribution in [-0.4, -0.2) is 193 Å². The van der Waals surface area contributed by atoms with Crippen LogP contribution < -0.4 is 28.4 Å². The number of esters is 2. The van der Waals surface area contributed by atoms with E-state index in [2.05, 4.69) is 29.4 Å². The van der Waals surface area contributed by atoms with E-state index in [1.807, 2.05) is 38.2 Å². The highest BCUT2D eigenvalue weighted by atomic mass is 32.2. The zero-order valence-electron chi connectivity index (χ0n) is 70.8. The number of nitrogens with one attached hydrogen (secondary N) is 2. The summed E-state index contributed by atoms with van der Waals surface area (Å²) in [5.41, 5.74) is -9.17. The van der Waals surface area contributed by atoms with Gasteiger partial charge < -0.3 is 47.7 Å². The Kier molecular flexibility index (Phi) is 27.5. The molecule has 28 nitrogen and oxygen atoms in total. The van der Waals surface area contributed by atoms with E-state index in [9.17, 15) is 80.7 Å². The van der Waals surface area contributed by atoms with Crippen molar-refractivity contribution in [2.75, 3.05) is 54.7 Å². The SMILES string of the molecule is COC[C@@H]1C[C@@H](C)CC/C=C\[C@@H]2C[C@@]2(C(=O)NS(=O)(=O)C2(C)CC2)CC(=O)[C@@H]2C[C@@H](Oc3nc4cc(OC)c(F)cc4nc3C(F)(F)F)CN2C(=O)[C@H]1CC(=O)OC(C)(C)C.COC[C@@H]1C[C@H](C)CC/C=C\[C@@H]2C[C@@]2(C(=O)NS(=O)(=O)C2(C)CC2)CC(=O)[C@@H]2C[C@@H](Oc3nc4cc(OC)c(F)cc4nc3C(F)(F)F)CN2C(=O)[C@H]1CC(=O)OC(C)(C)C. The molecule has 4 aromatic rings. The number of alkyl halides is 6. The number of allylic oxidation sites excluding steroid dienone is 4. The summed E-state index contributed by atoms with van der Waals surface area (Å²) in [6.45, 7) is 16.3. The Morgan fingerprint density at radius 3 is 1.18 bits per heavy atom. The minimum Gasteiger partial charge on any atom is -0.494 e. The summed E-state index contributed by atoms with van der Waals surface area (Å²) in [5, 5.41) is 0. The first-order chi connectivity index (χ1) is 56.8. The molecule has 2 N–H and O–H groups in total. The topological polar surface area (TPSA) is 361 Å². The van der Waals surface area contributed by atoms with Gasteiger partial charge in [0.1, 0.15) is 23.4 Å². The summed E-state index contributed by atoms with van der Waals surface area (Å²) in [7, 11) is -2.95. The number of nitrogens with zero attached hydrogens (tertiary/aromatic N) is 6. The number of halogens is 8. The molecule has 8 aliphatic rings. The van der Waals surface area contributed by atoms with E-state index in [1.165, 1.54) is 52.1 Å². The van der Waals surface area contributed by atoms with Crippen LogP contribution in [0.5, 0.6) is 23.3 Å². The monoisotopic (exact) mass is 1760 g/mol. The van der Waals surface area contributed by atoms with Crippen molar-refractivity contribution in [2.45, 2.75) is 242 Å². The zero-order valence-corrected chi connectivity index (χ0v) is 72.4. The number of Topliss-reactive ketones (excluding diaryl/α,β-unsaturated/α-hetero) is 2. The molecule has 0 radical (unpaired) electrons. The normalized spacial score (nSPS) is 28.8. The lowest BCUT2D eigenvalue weighted by molar-refractivity contribution is -0.161. The second-order valence-electron chi connectivity index (χ2n) is 36.6. The molecule has 12 rings (SSSR count). The molecule has 122 heavy (non-hydrogen) atoms. The Morgan fingerprint density at radius 2 is 0.869 bits per heavy atom. The van der Waals surface area contributed by atoms with Crippen molar-refractivity contribution < 1.29 is 128 Å². The van der Waals surface area contributed by atoms with Gasteiger partial charge in [-0.05, 0) is 168 Å².